The van der Waals surface area contributed by atoms with Crippen LogP contribution in [0, 0.1) is 5.82 Å². The highest BCUT2D eigenvalue weighted by atomic mass is 19.1. The molecule has 3 nitrogen and oxygen atoms in total. The van der Waals surface area contributed by atoms with Gasteiger partial charge in [0, 0.05) is 11.6 Å². The van der Waals surface area contributed by atoms with E-state index in [1.165, 1.54) is 18.3 Å². The second-order valence-corrected chi connectivity index (χ2v) is 3.18. The molecule has 1 heterocycles. The van der Waals surface area contributed by atoms with Crippen LogP contribution in [-0.2, 0) is 11.2 Å². The molecule has 76 valence electrons. The third-order valence-electron chi connectivity index (χ3n) is 2.15. The van der Waals surface area contributed by atoms with Crippen molar-refractivity contribution in [2.45, 2.75) is 6.42 Å². The average Bonchev–Trinajstić information content (AvgIpc) is 2.22. The molecule has 1 aromatic carbocycles. The van der Waals surface area contributed by atoms with Gasteiger partial charge in [0.05, 0.1) is 6.42 Å². The minimum absolute atomic E-state index is 0.123. The lowest BCUT2D eigenvalue weighted by Crippen LogP contribution is -2.01. The molecule has 0 bridgehead atoms. The first kappa shape index (κ1) is 9.58. The molecule has 0 saturated heterocycles. The predicted molar refractivity (Wildman–Crippen MR) is 53.0 cm³/mol. The predicted octanol–water partition coefficient (Wildman–Crippen LogP) is 2.00. The zero-order valence-corrected chi connectivity index (χ0v) is 7.77. The zero-order chi connectivity index (χ0) is 10.8. The van der Waals surface area contributed by atoms with Crippen LogP contribution in [0.15, 0.2) is 30.5 Å². The van der Waals surface area contributed by atoms with E-state index in [1.807, 2.05) is 0 Å². The molecule has 0 aliphatic heterocycles. The van der Waals surface area contributed by atoms with Gasteiger partial charge in [-0.2, -0.15) is 0 Å². The molecule has 2 aromatic rings. The number of carbonyl (C=O) groups is 1. The maximum atomic E-state index is 13.3. The van der Waals surface area contributed by atoms with Crippen molar-refractivity contribution >= 4 is 16.9 Å². The van der Waals surface area contributed by atoms with E-state index < -0.39 is 11.8 Å². The Morgan fingerprint density at radius 2 is 2.20 bits per heavy atom. The number of pyridine rings is 1. The molecule has 1 N–H and O–H groups in total. The molecule has 4 heteroatoms. The van der Waals surface area contributed by atoms with E-state index in [9.17, 15) is 9.18 Å². The minimum atomic E-state index is -0.938. The van der Waals surface area contributed by atoms with Crippen molar-refractivity contribution in [2.75, 3.05) is 0 Å². The molecule has 0 unspecified atom stereocenters. The third kappa shape index (κ3) is 1.79. The maximum absolute atomic E-state index is 13.3. The van der Waals surface area contributed by atoms with Gasteiger partial charge in [-0.15, -0.1) is 0 Å². The number of carboxylic acid groups (broad SMARTS) is 1. The highest BCUT2D eigenvalue weighted by molar-refractivity contribution is 5.86. The van der Waals surface area contributed by atoms with Crippen molar-refractivity contribution in [3.8, 4) is 0 Å². The van der Waals surface area contributed by atoms with Gasteiger partial charge in [-0.3, -0.25) is 9.78 Å². The number of carboxylic acids is 1. The molecule has 0 aliphatic carbocycles. The number of aliphatic carboxylic acids is 1. The first-order valence-electron chi connectivity index (χ1n) is 4.42. The van der Waals surface area contributed by atoms with Gasteiger partial charge in [-0.25, -0.2) is 4.39 Å². The van der Waals surface area contributed by atoms with Crippen LogP contribution in [0.2, 0.25) is 0 Å². The number of fused-ring (bicyclic) bond motifs is 1. The molecule has 0 radical (unpaired) electrons. The quantitative estimate of drug-likeness (QED) is 0.815. The summed E-state index contributed by atoms with van der Waals surface area (Å²) < 4.78 is 13.3. The monoisotopic (exact) mass is 205 g/mol. The number of hydrogen-bond acceptors (Lipinski definition) is 2. The Hall–Kier alpha value is -1.97. The van der Waals surface area contributed by atoms with Crippen molar-refractivity contribution in [1.82, 2.24) is 4.98 Å². The fourth-order valence-electron chi connectivity index (χ4n) is 1.51. The largest absolute Gasteiger partial charge is 0.481 e. The van der Waals surface area contributed by atoms with Crippen LogP contribution in [0.25, 0.3) is 10.9 Å². The number of halogens is 1. The van der Waals surface area contributed by atoms with Gasteiger partial charge in [0.15, 0.2) is 0 Å². The van der Waals surface area contributed by atoms with Crippen LogP contribution in [0.3, 0.4) is 0 Å². The second kappa shape index (κ2) is 3.65. The Kier molecular flexibility index (Phi) is 2.33. The van der Waals surface area contributed by atoms with Crippen molar-refractivity contribution < 1.29 is 14.3 Å². The lowest BCUT2D eigenvalue weighted by Gasteiger charge is -2.03. The maximum Gasteiger partial charge on any atom is 0.307 e. The Bertz CT molecular complexity index is 525. The van der Waals surface area contributed by atoms with E-state index in [4.69, 9.17) is 5.11 Å². The Balaban J connectivity index is 2.66. The van der Waals surface area contributed by atoms with Crippen LogP contribution in [0.5, 0.6) is 0 Å². The highest BCUT2D eigenvalue weighted by Crippen LogP contribution is 2.19. The van der Waals surface area contributed by atoms with E-state index in [0.29, 0.717) is 10.9 Å². The van der Waals surface area contributed by atoms with Gasteiger partial charge in [-0.05, 0) is 17.7 Å². The summed E-state index contributed by atoms with van der Waals surface area (Å²) in [7, 11) is 0. The molecule has 0 saturated carbocycles. The third-order valence-corrected chi connectivity index (χ3v) is 2.15. The number of nitrogens with zero attached hydrogens (tertiary/aromatic N) is 1. The Morgan fingerprint density at radius 1 is 1.40 bits per heavy atom. The standard InChI is InChI=1S/C11H8FNO2/c12-9-4-3-7(6-10(14)15)8-2-1-5-13-11(8)9/h1-5H,6H2,(H,14,15). The Labute approximate surface area is 85.2 Å². The summed E-state index contributed by atoms with van der Waals surface area (Å²) >= 11 is 0. The summed E-state index contributed by atoms with van der Waals surface area (Å²) in [5, 5.41) is 9.24. The molecule has 0 amide bonds. The fourth-order valence-corrected chi connectivity index (χ4v) is 1.51. The molecule has 1 aromatic heterocycles. The van der Waals surface area contributed by atoms with E-state index in [0.717, 1.165) is 0 Å². The molecule has 2 rings (SSSR count). The van der Waals surface area contributed by atoms with Gasteiger partial charge >= 0.3 is 5.97 Å². The summed E-state index contributed by atoms with van der Waals surface area (Å²) in [5.74, 6) is -1.37. The lowest BCUT2D eigenvalue weighted by atomic mass is 10.1. The molecule has 0 aliphatic rings. The van der Waals surface area contributed by atoms with E-state index in [-0.39, 0.29) is 11.9 Å². The van der Waals surface area contributed by atoms with E-state index in [2.05, 4.69) is 4.98 Å². The second-order valence-electron chi connectivity index (χ2n) is 3.18. The van der Waals surface area contributed by atoms with Crippen LogP contribution in [0.4, 0.5) is 4.39 Å². The van der Waals surface area contributed by atoms with Crippen molar-refractivity contribution in [3.63, 3.8) is 0 Å². The zero-order valence-electron chi connectivity index (χ0n) is 7.77. The van der Waals surface area contributed by atoms with Crippen molar-refractivity contribution in [2.24, 2.45) is 0 Å². The molecule has 0 fully saturated rings. The van der Waals surface area contributed by atoms with Gasteiger partial charge in [-0.1, -0.05) is 12.1 Å². The SMILES string of the molecule is O=C(O)Cc1ccc(F)c2ncccc12. The van der Waals surface area contributed by atoms with Crippen molar-refractivity contribution in [1.29, 1.82) is 0 Å². The first-order valence-corrected chi connectivity index (χ1v) is 4.42. The summed E-state index contributed by atoms with van der Waals surface area (Å²) in [5.41, 5.74) is 0.795. The summed E-state index contributed by atoms with van der Waals surface area (Å²) in [6, 6.07) is 6.05. The minimum Gasteiger partial charge on any atom is -0.481 e. The highest BCUT2D eigenvalue weighted by Gasteiger charge is 2.08. The molecular formula is C11H8FNO2. The lowest BCUT2D eigenvalue weighted by molar-refractivity contribution is -0.136. The van der Waals surface area contributed by atoms with Crippen molar-refractivity contribution in [3.05, 3.63) is 41.8 Å². The number of aromatic nitrogens is 1. The van der Waals surface area contributed by atoms with Gasteiger partial charge in [0.25, 0.3) is 0 Å². The summed E-state index contributed by atoms with van der Waals surface area (Å²) in [4.78, 5) is 14.5. The van der Waals surface area contributed by atoms with Gasteiger partial charge in [0.2, 0.25) is 0 Å². The summed E-state index contributed by atoms with van der Waals surface area (Å²) in [6.07, 6.45) is 1.36. The first-order chi connectivity index (χ1) is 7.18. The molecule has 15 heavy (non-hydrogen) atoms. The van der Waals surface area contributed by atoms with Gasteiger partial charge < -0.3 is 5.11 Å². The van der Waals surface area contributed by atoms with Crippen LogP contribution >= 0.6 is 0 Å². The summed E-state index contributed by atoms with van der Waals surface area (Å²) in [6.45, 7) is 0. The smallest absolute Gasteiger partial charge is 0.307 e. The van der Waals surface area contributed by atoms with E-state index >= 15 is 0 Å². The van der Waals surface area contributed by atoms with Crippen LogP contribution in [0.1, 0.15) is 5.56 Å². The molecular weight excluding hydrogens is 197 g/mol. The molecule has 0 atom stereocenters. The number of benzene rings is 1. The van der Waals surface area contributed by atoms with Crippen LogP contribution < -0.4 is 0 Å². The topological polar surface area (TPSA) is 50.2 Å². The molecule has 0 spiro atoms. The van der Waals surface area contributed by atoms with Crippen LogP contribution in [-0.4, -0.2) is 16.1 Å². The number of rotatable bonds is 2. The fraction of sp³-hybridized carbons (Fsp3) is 0.0909. The van der Waals surface area contributed by atoms with Gasteiger partial charge in [0.1, 0.15) is 11.3 Å². The Morgan fingerprint density at radius 3 is 2.93 bits per heavy atom. The number of hydrogen-bond donors (Lipinski definition) is 1. The average molecular weight is 205 g/mol. The normalized spacial score (nSPS) is 10.5. The van der Waals surface area contributed by atoms with E-state index in [1.54, 1.807) is 12.1 Å².